The van der Waals surface area contributed by atoms with Crippen LogP contribution in [0.2, 0.25) is 0 Å². The van der Waals surface area contributed by atoms with Crippen LogP contribution in [0.5, 0.6) is 0 Å². The standard InChI is InChI=1S/C14H13N3O/c15-12-5-6-16-13(7-12)14(18)17-8-10-3-1-2-4-11(10)9-17/h1-7H,8-9H2,(H2,15,16). The Bertz CT molecular complexity index is 584. The second-order valence-corrected chi connectivity index (χ2v) is 4.40. The van der Waals surface area contributed by atoms with Gasteiger partial charge in [-0.3, -0.25) is 9.78 Å². The third-order valence-electron chi connectivity index (χ3n) is 3.13. The van der Waals surface area contributed by atoms with Crippen molar-refractivity contribution in [1.82, 2.24) is 9.88 Å². The molecule has 1 aliphatic heterocycles. The van der Waals surface area contributed by atoms with Gasteiger partial charge in [-0.15, -0.1) is 0 Å². The Labute approximate surface area is 105 Å². The van der Waals surface area contributed by atoms with Gasteiger partial charge in [0.05, 0.1) is 0 Å². The van der Waals surface area contributed by atoms with Crippen LogP contribution in [0, 0.1) is 0 Å². The number of benzene rings is 1. The first-order chi connectivity index (χ1) is 8.74. The fourth-order valence-corrected chi connectivity index (χ4v) is 2.20. The third kappa shape index (κ3) is 1.82. The maximum Gasteiger partial charge on any atom is 0.273 e. The molecule has 0 aliphatic carbocycles. The van der Waals surface area contributed by atoms with E-state index in [9.17, 15) is 4.79 Å². The topological polar surface area (TPSA) is 59.2 Å². The second kappa shape index (κ2) is 4.14. The third-order valence-corrected chi connectivity index (χ3v) is 3.13. The van der Waals surface area contributed by atoms with E-state index >= 15 is 0 Å². The van der Waals surface area contributed by atoms with E-state index in [1.54, 1.807) is 23.2 Å². The minimum absolute atomic E-state index is 0.0708. The number of nitrogen functional groups attached to an aromatic ring is 1. The largest absolute Gasteiger partial charge is 0.399 e. The molecule has 4 heteroatoms. The zero-order valence-corrected chi connectivity index (χ0v) is 9.84. The number of nitrogens with zero attached hydrogens (tertiary/aromatic N) is 2. The highest BCUT2D eigenvalue weighted by Crippen LogP contribution is 2.23. The molecular formula is C14H13N3O. The predicted molar refractivity (Wildman–Crippen MR) is 68.7 cm³/mol. The van der Waals surface area contributed by atoms with Crippen LogP contribution < -0.4 is 5.73 Å². The number of pyridine rings is 1. The van der Waals surface area contributed by atoms with Crippen LogP contribution in [-0.2, 0) is 13.1 Å². The zero-order chi connectivity index (χ0) is 12.5. The molecule has 1 aliphatic rings. The number of fused-ring (bicyclic) bond motifs is 1. The summed E-state index contributed by atoms with van der Waals surface area (Å²) in [5.74, 6) is -0.0708. The van der Waals surface area contributed by atoms with Gasteiger partial charge in [0.2, 0.25) is 0 Å². The maximum atomic E-state index is 12.3. The summed E-state index contributed by atoms with van der Waals surface area (Å²) in [6.07, 6.45) is 1.56. The Balaban J connectivity index is 1.84. The first-order valence-electron chi connectivity index (χ1n) is 5.81. The summed E-state index contributed by atoms with van der Waals surface area (Å²) in [6.45, 7) is 1.29. The van der Waals surface area contributed by atoms with Gasteiger partial charge in [0.25, 0.3) is 5.91 Å². The van der Waals surface area contributed by atoms with Crippen molar-refractivity contribution in [1.29, 1.82) is 0 Å². The number of carbonyl (C=O) groups excluding carboxylic acids is 1. The normalized spacial score (nSPS) is 13.4. The summed E-state index contributed by atoms with van der Waals surface area (Å²) in [6, 6.07) is 11.4. The SMILES string of the molecule is Nc1ccnc(C(=O)N2Cc3ccccc3C2)c1. The Morgan fingerprint density at radius 2 is 1.83 bits per heavy atom. The molecule has 3 rings (SSSR count). The molecule has 1 aromatic heterocycles. The first kappa shape index (κ1) is 10.8. The number of anilines is 1. The van der Waals surface area contributed by atoms with Crippen molar-refractivity contribution in [3.63, 3.8) is 0 Å². The Morgan fingerprint density at radius 1 is 1.17 bits per heavy atom. The highest BCUT2D eigenvalue weighted by molar-refractivity contribution is 5.93. The molecule has 1 aromatic carbocycles. The average molecular weight is 239 g/mol. The van der Waals surface area contributed by atoms with Crippen molar-refractivity contribution in [3.05, 3.63) is 59.4 Å². The molecule has 18 heavy (non-hydrogen) atoms. The predicted octanol–water partition coefficient (Wildman–Crippen LogP) is 1.82. The first-order valence-corrected chi connectivity index (χ1v) is 5.81. The van der Waals surface area contributed by atoms with Crippen LogP contribution in [0.4, 0.5) is 5.69 Å². The lowest BCUT2D eigenvalue weighted by atomic mass is 10.1. The molecule has 0 saturated heterocycles. The summed E-state index contributed by atoms with van der Waals surface area (Å²) in [4.78, 5) is 18.1. The van der Waals surface area contributed by atoms with E-state index < -0.39 is 0 Å². The molecule has 0 saturated carbocycles. The van der Waals surface area contributed by atoms with Gasteiger partial charge in [0, 0.05) is 25.0 Å². The van der Waals surface area contributed by atoms with Crippen LogP contribution in [0.15, 0.2) is 42.6 Å². The zero-order valence-electron chi connectivity index (χ0n) is 9.84. The molecule has 1 amide bonds. The lowest BCUT2D eigenvalue weighted by Crippen LogP contribution is -2.26. The molecule has 0 bridgehead atoms. The van der Waals surface area contributed by atoms with Crippen molar-refractivity contribution in [2.24, 2.45) is 0 Å². The van der Waals surface area contributed by atoms with E-state index in [-0.39, 0.29) is 5.91 Å². The minimum atomic E-state index is -0.0708. The fourth-order valence-electron chi connectivity index (χ4n) is 2.20. The van der Waals surface area contributed by atoms with Crippen molar-refractivity contribution in [2.45, 2.75) is 13.1 Å². The van der Waals surface area contributed by atoms with E-state index in [2.05, 4.69) is 17.1 Å². The molecule has 2 N–H and O–H groups in total. The Morgan fingerprint density at radius 3 is 2.44 bits per heavy atom. The summed E-state index contributed by atoms with van der Waals surface area (Å²) in [5, 5.41) is 0. The van der Waals surface area contributed by atoms with Gasteiger partial charge >= 0.3 is 0 Å². The molecule has 90 valence electrons. The lowest BCUT2D eigenvalue weighted by Gasteiger charge is -2.14. The summed E-state index contributed by atoms with van der Waals surface area (Å²) >= 11 is 0. The molecule has 2 heterocycles. The number of rotatable bonds is 1. The van der Waals surface area contributed by atoms with E-state index in [1.807, 2.05) is 12.1 Å². The van der Waals surface area contributed by atoms with Gasteiger partial charge in [-0.1, -0.05) is 24.3 Å². The van der Waals surface area contributed by atoms with Gasteiger partial charge < -0.3 is 10.6 Å². The van der Waals surface area contributed by atoms with Gasteiger partial charge in [-0.2, -0.15) is 0 Å². The molecule has 0 radical (unpaired) electrons. The number of aromatic nitrogens is 1. The van der Waals surface area contributed by atoms with E-state index in [1.165, 1.54) is 11.1 Å². The highest BCUT2D eigenvalue weighted by Gasteiger charge is 2.24. The van der Waals surface area contributed by atoms with E-state index in [4.69, 9.17) is 5.73 Å². The van der Waals surface area contributed by atoms with Crippen LogP contribution in [-0.4, -0.2) is 15.8 Å². The van der Waals surface area contributed by atoms with Crippen LogP contribution >= 0.6 is 0 Å². The molecule has 0 spiro atoms. The van der Waals surface area contributed by atoms with E-state index in [0.717, 1.165) is 0 Å². The summed E-state index contributed by atoms with van der Waals surface area (Å²) in [7, 11) is 0. The minimum Gasteiger partial charge on any atom is -0.399 e. The second-order valence-electron chi connectivity index (χ2n) is 4.40. The number of nitrogens with two attached hydrogens (primary N) is 1. The van der Waals surface area contributed by atoms with Crippen molar-refractivity contribution in [3.8, 4) is 0 Å². The smallest absolute Gasteiger partial charge is 0.273 e. The maximum absolute atomic E-state index is 12.3. The van der Waals surface area contributed by atoms with Gasteiger partial charge in [0.15, 0.2) is 0 Å². The molecule has 0 unspecified atom stereocenters. The van der Waals surface area contributed by atoms with Crippen LogP contribution in [0.25, 0.3) is 0 Å². The van der Waals surface area contributed by atoms with Crippen LogP contribution in [0.3, 0.4) is 0 Å². The lowest BCUT2D eigenvalue weighted by molar-refractivity contribution is 0.0745. The Hall–Kier alpha value is -2.36. The quantitative estimate of drug-likeness (QED) is 0.825. The molecule has 0 fully saturated rings. The number of hydrogen-bond donors (Lipinski definition) is 1. The molecule has 0 atom stereocenters. The number of amides is 1. The Kier molecular flexibility index (Phi) is 2.48. The number of carbonyl (C=O) groups is 1. The van der Waals surface area contributed by atoms with E-state index in [0.29, 0.717) is 24.5 Å². The number of hydrogen-bond acceptors (Lipinski definition) is 3. The van der Waals surface area contributed by atoms with Gasteiger partial charge in [-0.25, -0.2) is 0 Å². The molecule has 4 nitrogen and oxygen atoms in total. The van der Waals surface area contributed by atoms with Crippen molar-refractivity contribution >= 4 is 11.6 Å². The average Bonchev–Trinajstić information content (AvgIpc) is 2.81. The van der Waals surface area contributed by atoms with Crippen molar-refractivity contribution < 1.29 is 4.79 Å². The van der Waals surface area contributed by atoms with Crippen molar-refractivity contribution in [2.75, 3.05) is 5.73 Å². The molecule has 2 aromatic rings. The fraction of sp³-hybridized carbons (Fsp3) is 0.143. The highest BCUT2D eigenvalue weighted by atomic mass is 16.2. The summed E-state index contributed by atoms with van der Waals surface area (Å²) in [5.41, 5.74) is 9.04. The monoisotopic (exact) mass is 239 g/mol. The molecular weight excluding hydrogens is 226 g/mol. The van der Waals surface area contributed by atoms with Crippen LogP contribution in [0.1, 0.15) is 21.6 Å². The van der Waals surface area contributed by atoms with Gasteiger partial charge in [0.1, 0.15) is 5.69 Å². The summed E-state index contributed by atoms with van der Waals surface area (Å²) < 4.78 is 0. The van der Waals surface area contributed by atoms with Gasteiger partial charge in [-0.05, 0) is 23.3 Å².